The van der Waals surface area contributed by atoms with E-state index in [1.165, 1.54) is 7.11 Å². The molecule has 1 rings (SSSR count). The number of hydrogen-bond donors (Lipinski definition) is 1. The van der Waals surface area contributed by atoms with Gasteiger partial charge in [0.25, 0.3) is 0 Å². The molecule has 6 heteroatoms. The zero-order valence-corrected chi connectivity index (χ0v) is 8.34. The Morgan fingerprint density at radius 3 is 2.50 bits per heavy atom. The van der Waals surface area contributed by atoms with Crippen LogP contribution in [-0.2, 0) is 17.5 Å². The van der Waals surface area contributed by atoms with Crippen LogP contribution in [0, 0.1) is 0 Å². The van der Waals surface area contributed by atoms with Gasteiger partial charge in [-0.25, -0.2) is 4.79 Å². The molecule has 88 valence electrons. The molecule has 1 aromatic rings. The van der Waals surface area contributed by atoms with Gasteiger partial charge in [0.05, 0.1) is 17.7 Å². The first-order chi connectivity index (χ1) is 7.36. The summed E-state index contributed by atoms with van der Waals surface area (Å²) in [6, 6.07) is 2.55. The Bertz CT molecular complexity index is 399. The second-order valence-electron chi connectivity index (χ2n) is 3.11. The molecule has 0 spiro atoms. The van der Waals surface area contributed by atoms with Crippen molar-refractivity contribution in [1.29, 1.82) is 0 Å². The predicted molar refractivity (Wildman–Crippen MR) is 49.1 cm³/mol. The number of halogens is 3. The van der Waals surface area contributed by atoms with Gasteiger partial charge < -0.3 is 9.84 Å². The maximum Gasteiger partial charge on any atom is 0.416 e. The molecule has 0 heterocycles. The number of ether oxygens (including phenoxy) is 1. The Morgan fingerprint density at radius 1 is 1.44 bits per heavy atom. The molecule has 1 N–H and O–H groups in total. The van der Waals surface area contributed by atoms with Gasteiger partial charge in [-0.3, -0.25) is 0 Å². The average molecular weight is 234 g/mol. The largest absolute Gasteiger partial charge is 0.478 e. The van der Waals surface area contributed by atoms with Crippen LogP contribution in [0.25, 0.3) is 0 Å². The Labute approximate surface area is 89.5 Å². The van der Waals surface area contributed by atoms with Crippen molar-refractivity contribution in [3.05, 3.63) is 34.9 Å². The van der Waals surface area contributed by atoms with E-state index in [1.807, 2.05) is 0 Å². The maximum atomic E-state index is 12.3. The number of carboxylic acids is 1. The van der Waals surface area contributed by atoms with E-state index in [1.54, 1.807) is 0 Å². The Hall–Kier alpha value is -1.56. The van der Waals surface area contributed by atoms with Gasteiger partial charge >= 0.3 is 12.1 Å². The zero-order valence-electron chi connectivity index (χ0n) is 8.34. The number of alkyl halides is 3. The summed E-state index contributed by atoms with van der Waals surface area (Å²) in [5.74, 6) is -1.40. The highest BCUT2D eigenvalue weighted by Crippen LogP contribution is 2.30. The number of aromatic carboxylic acids is 1. The van der Waals surface area contributed by atoms with Gasteiger partial charge in [-0.15, -0.1) is 0 Å². The van der Waals surface area contributed by atoms with Crippen molar-refractivity contribution in [3.63, 3.8) is 0 Å². The molecule has 0 aromatic heterocycles. The van der Waals surface area contributed by atoms with Crippen molar-refractivity contribution in [3.8, 4) is 0 Å². The van der Waals surface area contributed by atoms with E-state index in [0.29, 0.717) is 6.07 Å². The molecule has 0 aliphatic heterocycles. The summed E-state index contributed by atoms with van der Waals surface area (Å²) in [5, 5.41) is 8.76. The van der Waals surface area contributed by atoms with Crippen molar-refractivity contribution < 1.29 is 27.8 Å². The first kappa shape index (κ1) is 12.5. The average Bonchev–Trinajstić information content (AvgIpc) is 2.16. The van der Waals surface area contributed by atoms with Crippen LogP contribution in [0.2, 0.25) is 0 Å². The minimum absolute atomic E-state index is 0.0419. The molecule has 1 aromatic carbocycles. The summed E-state index contributed by atoms with van der Waals surface area (Å²) >= 11 is 0. The quantitative estimate of drug-likeness (QED) is 0.874. The third kappa shape index (κ3) is 2.73. The predicted octanol–water partition coefficient (Wildman–Crippen LogP) is 2.55. The molecular formula is C10H9F3O3. The molecule has 0 amide bonds. The van der Waals surface area contributed by atoms with E-state index < -0.39 is 23.3 Å². The fourth-order valence-corrected chi connectivity index (χ4v) is 1.23. The molecule has 0 aliphatic rings. The Balaban J connectivity index is 3.23. The fourth-order valence-electron chi connectivity index (χ4n) is 1.23. The highest BCUT2D eigenvalue weighted by atomic mass is 19.4. The Kier molecular flexibility index (Phi) is 3.54. The summed E-state index contributed by atoms with van der Waals surface area (Å²) in [6.45, 7) is -0.0419. The summed E-state index contributed by atoms with van der Waals surface area (Å²) in [5.41, 5.74) is -1.16. The fraction of sp³-hybridized carbons (Fsp3) is 0.300. The molecule has 0 fully saturated rings. The molecule has 0 aliphatic carbocycles. The second kappa shape index (κ2) is 4.52. The van der Waals surface area contributed by atoms with Crippen LogP contribution in [0.1, 0.15) is 21.5 Å². The van der Waals surface area contributed by atoms with Gasteiger partial charge in [0.1, 0.15) is 0 Å². The van der Waals surface area contributed by atoms with Gasteiger partial charge in [-0.2, -0.15) is 13.2 Å². The SMILES string of the molecule is COCc1ccc(C(F)(F)F)cc1C(=O)O. The van der Waals surface area contributed by atoms with Gasteiger partial charge in [0, 0.05) is 7.11 Å². The minimum atomic E-state index is -4.55. The monoisotopic (exact) mass is 234 g/mol. The normalized spacial score (nSPS) is 11.5. The highest BCUT2D eigenvalue weighted by Gasteiger charge is 2.31. The number of rotatable bonds is 3. The minimum Gasteiger partial charge on any atom is -0.478 e. The number of carbonyl (C=O) groups is 1. The van der Waals surface area contributed by atoms with E-state index in [0.717, 1.165) is 12.1 Å². The smallest absolute Gasteiger partial charge is 0.416 e. The number of hydrogen-bond acceptors (Lipinski definition) is 2. The topological polar surface area (TPSA) is 46.5 Å². The van der Waals surface area contributed by atoms with Gasteiger partial charge in [0.2, 0.25) is 0 Å². The van der Waals surface area contributed by atoms with Crippen molar-refractivity contribution in [2.45, 2.75) is 12.8 Å². The van der Waals surface area contributed by atoms with Crippen LogP contribution in [-0.4, -0.2) is 18.2 Å². The van der Waals surface area contributed by atoms with Crippen LogP contribution < -0.4 is 0 Å². The lowest BCUT2D eigenvalue weighted by molar-refractivity contribution is -0.137. The van der Waals surface area contributed by atoms with E-state index in [4.69, 9.17) is 9.84 Å². The van der Waals surface area contributed by atoms with Crippen molar-refractivity contribution in [2.24, 2.45) is 0 Å². The van der Waals surface area contributed by atoms with Crippen LogP contribution >= 0.6 is 0 Å². The van der Waals surface area contributed by atoms with Gasteiger partial charge in [0.15, 0.2) is 0 Å². The van der Waals surface area contributed by atoms with E-state index in [-0.39, 0.29) is 12.2 Å². The molecule has 16 heavy (non-hydrogen) atoms. The first-order valence-electron chi connectivity index (χ1n) is 4.28. The van der Waals surface area contributed by atoms with E-state index in [2.05, 4.69) is 0 Å². The number of carboxylic acid groups (broad SMARTS) is 1. The van der Waals surface area contributed by atoms with Crippen LogP contribution in [0.15, 0.2) is 18.2 Å². The number of methoxy groups -OCH3 is 1. The van der Waals surface area contributed by atoms with Gasteiger partial charge in [-0.05, 0) is 17.7 Å². The molecule has 0 saturated heterocycles. The zero-order chi connectivity index (χ0) is 12.3. The molecule has 0 radical (unpaired) electrons. The standard InChI is InChI=1S/C10H9F3O3/c1-16-5-6-2-3-7(10(11,12)13)4-8(6)9(14)15/h2-4H,5H2,1H3,(H,14,15). The van der Waals surface area contributed by atoms with Gasteiger partial charge in [-0.1, -0.05) is 6.07 Å². The summed E-state index contributed by atoms with van der Waals surface area (Å²) in [7, 11) is 1.34. The molecule has 0 saturated carbocycles. The van der Waals surface area contributed by atoms with E-state index >= 15 is 0 Å². The third-order valence-corrected chi connectivity index (χ3v) is 1.97. The lowest BCUT2D eigenvalue weighted by Crippen LogP contribution is -2.10. The molecule has 0 bridgehead atoms. The number of benzene rings is 1. The second-order valence-corrected chi connectivity index (χ2v) is 3.11. The molecule has 3 nitrogen and oxygen atoms in total. The molecule has 0 unspecified atom stereocenters. The molecular weight excluding hydrogens is 225 g/mol. The molecule has 0 atom stereocenters. The Morgan fingerprint density at radius 2 is 2.06 bits per heavy atom. The maximum absolute atomic E-state index is 12.3. The summed E-state index contributed by atoms with van der Waals surface area (Å²) < 4.78 is 41.7. The van der Waals surface area contributed by atoms with E-state index in [9.17, 15) is 18.0 Å². The van der Waals surface area contributed by atoms with Crippen LogP contribution in [0.5, 0.6) is 0 Å². The van der Waals surface area contributed by atoms with Crippen LogP contribution in [0.3, 0.4) is 0 Å². The first-order valence-corrected chi connectivity index (χ1v) is 4.28. The summed E-state index contributed by atoms with van der Waals surface area (Å²) in [4.78, 5) is 10.8. The van der Waals surface area contributed by atoms with Crippen molar-refractivity contribution in [2.75, 3.05) is 7.11 Å². The van der Waals surface area contributed by atoms with Crippen molar-refractivity contribution in [1.82, 2.24) is 0 Å². The lowest BCUT2D eigenvalue weighted by atomic mass is 10.0. The van der Waals surface area contributed by atoms with Crippen molar-refractivity contribution >= 4 is 5.97 Å². The lowest BCUT2D eigenvalue weighted by Gasteiger charge is -2.10. The highest BCUT2D eigenvalue weighted by molar-refractivity contribution is 5.89. The van der Waals surface area contributed by atoms with Crippen LogP contribution in [0.4, 0.5) is 13.2 Å². The summed E-state index contributed by atoms with van der Waals surface area (Å²) in [6.07, 6.45) is -4.55. The third-order valence-electron chi connectivity index (χ3n) is 1.97.